The molecule has 1 aromatic carbocycles. The van der Waals surface area contributed by atoms with Gasteiger partial charge in [0.05, 0.1) is 23.9 Å². The maximum absolute atomic E-state index is 9.34. The van der Waals surface area contributed by atoms with Gasteiger partial charge in [0.25, 0.3) is 0 Å². The number of ether oxygens (including phenoxy) is 1. The van der Waals surface area contributed by atoms with Crippen LogP contribution in [0.3, 0.4) is 0 Å². The monoisotopic (exact) mass is 232 g/mol. The number of aliphatic hydroxyl groups excluding tert-OH is 1. The average molecular weight is 232 g/mol. The zero-order valence-corrected chi connectivity index (χ0v) is 9.08. The fraction of sp³-hybridized carbons (Fsp3) is 0.273. The lowest BCUT2D eigenvalue weighted by Gasteiger charge is -2.13. The van der Waals surface area contributed by atoms with Crippen molar-refractivity contribution in [1.29, 1.82) is 0 Å². The van der Waals surface area contributed by atoms with E-state index in [1.807, 2.05) is 16.7 Å². The van der Waals surface area contributed by atoms with E-state index in [4.69, 9.17) is 10.5 Å². The highest BCUT2D eigenvalue weighted by molar-refractivity contribution is 5.73. The van der Waals surface area contributed by atoms with Crippen LogP contribution in [0, 0.1) is 0 Å². The lowest BCUT2D eigenvalue weighted by molar-refractivity contribution is 0.172. The molecule has 0 aliphatic carbocycles. The minimum Gasteiger partial charge on any atom is -0.488 e. The number of nitrogens with zero attached hydrogens (tertiary/aromatic N) is 3. The second-order valence-electron chi connectivity index (χ2n) is 3.93. The molecule has 0 spiro atoms. The van der Waals surface area contributed by atoms with Crippen LogP contribution in [-0.4, -0.2) is 33.1 Å². The first-order chi connectivity index (χ1) is 8.31. The molecule has 1 unspecified atom stereocenters. The molecule has 3 rings (SSSR count). The molecule has 2 heterocycles. The van der Waals surface area contributed by atoms with E-state index in [1.54, 1.807) is 12.4 Å². The van der Waals surface area contributed by atoms with Gasteiger partial charge in [-0.1, -0.05) is 6.07 Å². The third-order valence-corrected chi connectivity index (χ3v) is 2.88. The van der Waals surface area contributed by atoms with Gasteiger partial charge in [-0.2, -0.15) is 0 Å². The van der Waals surface area contributed by atoms with Gasteiger partial charge in [-0.15, -0.1) is 10.2 Å². The lowest BCUT2D eigenvalue weighted by Crippen LogP contribution is -2.19. The van der Waals surface area contributed by atoms with Crippen molar-refractivity contribution in [3.05, 3.63) is 24.5 Å². The van der Waals surface area contributed by atoms with Crippen molar-refractivity contribution in [2.24, 2.45) is 0 Å². The molecule has 0 radical (unpaired) electrons. The highest BCUT2D eigenvalue weighted by atomic mass is 16.5. The lowest BCUT2D eigenvalue weighted by atomic mass is 10.1. The molecule has 0 saturated carbocycles. The molecule has 6 nitrogen and oxygen atoms in total. The summed E-state index contributed by atoms with van der Waals surface area (Å²) in [6.45, 7) is 0.321. The Bertz CT molecular complexity index is 552. The van der Waals surface area contributed by atoms with Gasteiger partial charge in [0, 0.05) is 0 Å². The summed E-state index contributed by atoms with van der Waals surface area (Å²) in [5, 5.41) is 17.3. The minimum atomic E-state index is -0.188. The number of fused-ring (bicyclic) bond motifs is 3. The Labute approximate surface area is 97.7 Å². The van der Waals surface area contributed by atoms with Gasteiger partial charge in [0.2, 0.25) is 0 Å². The van der Waals surface area contributed by atoms with Crippen LogP contribution in [0.4, 0.5) is 5.69 Å². The summed E-state index contributed by atoms with van der Waals surface area (Å²) in [7, 11) is 0. The van der Waals surface area contributed by atoms with Gasteiger partial charge in [0.15, 0.2) is 11.6 Å². The van der Waals surface area contributed by atoms with Crippen LogP contribution in [0.25, 0.3) is 11.4 Å². The zero-order valence-electron chi connectivity index (χ0n) is 9.08. The van der Waals surface area contributed by atoms with Crippen LogP contribution in [0.1, 0.15) is 6.04 Å². The van der Waals surface area contributed by atoms with E-state index in [0.717, 1.165) is 5.56 Å². The first-order valence-electron chi connectivity index (χ1n) is 5.33. The molecule has 0 bridgehead atoms. The summed E-state index contributed by atoms with van der Waals surface area (Å²) in [5.41, 5.74) is 7.25. The summed E-state index contributed by atoms with van der Waals surface area (Å²) in [5.74, 6) is 1.28. The van der Waals surface area contributed by atoms with Gasteiger partial charge < -0.3 is 20.1 Å². The molecule has 1 aliphatic rings. The third-order valence-electron chi connectivity index (χ3n) is 2.88. The standard InChI is InChI=1S/C11H12N4O2/c12-9-3-1-2-8-10(9)17-5-7(4-16)15-6-13-14-11(8)15/h1-3,6-7,16H,4-5,12H2. The number of anilines is 1. The Morgan fingerprint density at radius 2 is 2.41 bits per heavy atom. The van der Waals surface area contributed by atoms with Crippen LogP contribution in [-0.2, 0) is 0 Å². The first-order valence-corrected chi connectivity index (χ1v) is 5.33. The van der Waals surface area contributed by atoms with Crippen molar-refractivity contribution in [2.75, 3.05) is 18.9 Å². The van der Waals surface area contributed by atoms with Gasteiger partial charge >= 0.3 is 0 Å². The van der Waals surface area contributed by atoms with E-state index in [1.165, 1.54) is 0 Å². The number of para-hydroxylation sites is 1. The fourth-order valence-corrected chi connectivity index (χ4v) is 2.00. The van der Waals surface area contributed by atoms with Crippen LogP contribution >= 0.6 is 0 Å². The van der Waals surface area contributed by atoms with Gasteiger partial charge in [-0.3, -0.25) is 0 Å². The zero-order chi connectivity index (χ0) is 11.8. The minimum absolute atomic E-state index is 0.0288. The largest absolute Gasteiger partial charge is 0.488 e. The molecule has 0 fully saturated rings. The second-order valence-corrected chi connectivity index (χ2v) is 3.93. The summed E-state index contributed by atoms with van der Waals surface area (Å²) in [6, 6.07) is 5.31. The quantitative estimate of drug-likeness (QED) is 0.697. The summed E-state index contributed by atoms with van der Waals surface area (Å²) >= 11 is 0. The predicted molar refractivity (Wildman–Crippen MR) is 61.5 cm³/mol. The molecule has 1 aromatic heterocycles. The highest BCUT2D eigenvalue weighted by Gasteiger charge is 2.24. The first kappa shape index (κ1) is 10.1. The molecule has 17 heavy (non-hydrogen) atoms. The molecule has 1 aliphatic heterocycles. The Kier molecular flexibility index (Phi) is 2.22. The number of nitrogen functional groups attached to an aromatic ring is 1. The number of aromatic nitrogens is 3. The molecule has 6 heteroatoms. The van der Waals surface area contributed by atoms with Crippen molar-refractivity contribution < 1.29 is 9.84 Å². The molecule has 2 aromatic rings. The molecule has 1 atom stereocenters. The van der Waals surface area contributed by atoms with Crippen LogP contribution < -0.4 is 10.5 Å². The van der Waals surface area contributed by atoms with Crippen LogP contribution in [0.5, 0.6) is 5.75 Å². The van der Waals surface area contributed by atoms with E-state index >= 15 is 0 Å². The third kappa shape index (κ3) is 1.45. The van der Waals surface area contributed by atoms with Crippen molar-refractivity contribution in [3.8, 4) is 17.1 Å². The molecular formula is C11H12N4O2. The molecular weight excluding hydrogens is 220 g/mol. The number of hydrogen-bond acceptors (Lipinski definition) is 5. The molecule has 3 N–H and O–H groups in total. The van der Waals surface area contributed by atoms with Crippen molar-refractivity contribution >= 4 is 5.69 Å². The Morgan fingerprint density at radius 3 is 3.24 bits per heavy atom. The molecule has 0 saturated heterocycles. The number of aliphatic hydroxyl groups is 1. The average Bonchev–Trinajstić information content (AvgIpc) is 2.75. The van der Waals surface area contributed by atoms with E-state index in [2.05, 4.69) is 10.2 Å². The van der Waals surface area contributed by atoms with Crippen molar-refractivity contribution in [1.82, 2.24) is 14.8 Å². The number of benzene rings is 1. The topological polar surface area (TPSA) is 86.2 Å². The van der Waals surface area contributed by atoms with E-state index in [9.17, 15) is 5.11 Å². The van der Waals surface area contributed by atoms with Crippen LogP contribution in [0.2, 0.25) is 0 Å². The van der Waals surface area contributed by atoms with E-state index < -0.39 is 0 Å². The van der Waals surface area contributed by atoms with E-state index in [0.29, 0.717) is 23.9 Å². The molecule has 88 valence electrons. The van der Waals surface area contributed by atoms with Crippen LogP contribution in [0.15, 0.2) is 24.5 Å². The summed E-state index contributed by atoms with van der Waals surface area (Å²) in [6.07, 6.45) is 1.60. The Hall–Kier alpha value is -2.08. The van der Waals surface area contributed by atoms with Crippen molar-refractivity contribution in [3.63, 3.8) is 0 Å². The Morgan fingerprint density at radius 1 is 1.53 bits per heavy atom. The Balaban J connectivity index is 2.23. The maximum atomic E-state index is 9.34. The number of rotatable bonds is 1. The fourth-order valence-electron chi connectivity index (χ4n) is 2.00. The summed E-state index contributed by atoms with van der Waals surface area (Å²) < 4.78 is 7.46. The van der Waals surface area contributed by atoms with E-state index in [-0.39, 0.29) is 12.6 Å². The molecule has 0 amide bonds. The normalized spacial score (nSPS) is 17.8. The predicted octanol–water partition coefficient (Wildman–Crippen LogP) is 0.453. The van der Waals surface area contributed by atoms with Crippen molar-refractivity contribution in [2.45, 2.75) is 6.04 Å². The number of nitrogens with two attached hydrogens (primary N) is 1. The van der Waals surface area contributed by atoms with Gasteiger partial charge in [0.1, 0.15) is 12.9 Å². The highest BCUT2D eigenvalue weighted by Crippen LogP contribution is 2.37. The number of hydrogen-bond donors (Lipinski definition) is 2. The SMILES string of the molecule is Nc1cccc2c1OCC(CO)n1cnnc1-2. The maximum Gasteiger partial charge on any atom is 0.168 e. The smallest absolute Gasteiger partial charge is 0.168 e. The second kappa shape index (κ2) is 3.74. The van der Waals surface area contributed by atoms with Gasteiger partial charge in [-0.25, -0.2) is 0 Å². The summed E-state index contributed by atoms with van der Waals surface area (Å²) in [4.78, 5) is 0. The van der Waals surface area contributed by atoms with Gasteiger partial charge in [-0.05, 0) is 12.1 Å².